The number of anilines is 1. The minimum Gasteiger partial charge on any atom is -1.00 e. The van der Waals surface area contributed by atoms with Crippen molar-refractivity contribution < 1.29 is 22.0 Å². The average molecular weight is 327 g/mol. The molecule has 0 fully saturated rings. The first-order valence-corrected chi connectivity index (χ1v) is 6.70. The minimum atomic E-state index is 0. The fraction of sp³-hybridized carbons (Fsp3) is 0.0833. The lowest BCUT2D eigenvalue weighted by Crippen LogP contribution is -3.00. The summed E-state index contributed by atoms with van der Waals surface area (Å²) in [4.78, 5) is 4.49. The highest BCUT2D eigenvalue weighted by Crippen LogP contribution is 2.37. The molecule has 5 heteroatoms. The third-order valence-corrected chi connectivity index (χ3v) is 4.67. The number of hydrogen-bond donors (Lipinski definition) is 1. The predicted octanol–water partition coefficient (Wildman–Crippen LogP) is 0.339. The molecule has 1 aromatic carbocycles. The van der Waals surface area contributed by atoms with Crippen LogP contribution in [0.5, 0.6) is 0 Å². The van der Waals surface area contributed by atoms with E-state index in [4.69, 9.17) is 5.73 Å². The normalized spacial score (nSPS) is 10.4. The minimum absolute atomic E-state index is 0. The van der Waals surface area contributed by atoms with Crippen molar-refractivity contribution in [1.29, 1.82) is 0 Å². The lowest BCUT2D eigenvalue weighted by atomic mass is 10.1. The number of benzene rings is 1. The van der Waals surface area contributed by atoms with Gasteiger partial charge in [-0.15, -0.1) is 11.3 Å². The van der Waals surface area contributed by atoms with Gasteiger partial charge in [0.1, 0.15) is 0 Å². The van der Waals surface area contributed by atoms with Gasteiger partial charge in [0.25, 0.3) is 0 Å². The Bertz CT molecular complexity index is 657. The summed E-state index contributed by atoms with van der Waals surface area (Å²) >= 11 is 3.36. The van der Waals surface area contributed by atoms with Crippen molar-refractivity contribution in [3.63, 3.8) is 0 Å². The average Bonchev–Trinajstić information content (AvgIpc) is 2.84. The maximum atomic E-state index is 5.73. The van der Waals surface area contributed by atoms with Gasteiger partial charge in [0.2, 0.25) is 0 Å². The SMILES string of the molecule is Cc1c(-c2csc(N)[nH+]2)sc2ccccc12.[Br-]. The third-order valence-electron chi connectivity index (χ3n) is 2.65. The molecule has 3 N–H and O–H groups in total. The number of rotatable bonds is 1. The molecule has 0 saturated carbocycles. The fourth-order valence-electron chi connectivity index (χ4n) is 1.86. The quantitative estimate of drug-likeness (QED) is 0.688. The second-order valence-corrected chi connectivity index (χ2v) is 5.65. The fourth-order valence-corrected chi connectivity index (χ4v) is 3.70. The first-order valence-electron chi connectivity index (χ1n) is 5.00. The molecule has 3 aromatic rings. The van der Waals surface area contributed by atoms with Crippen LogP contribution in [0.2, 0.25) is 0 Å². The number of thiophene rings is 1. The standard InChI is InChI=1S/C12H10N2S2.BrH/c1-7-8-4-2-3-5-10(8)16-11(7)9-6-15-12(13)14-9;/h2-6H,1H3,(H2,13,14);1H. The number of aryl methyl sites for hydroxylation is 1. The molecular formula is C12H11BrN2S2. The summed E-state index contributed by atoms with van der Waals surface area (Å²) in [6.45, 7) is 2.16. The molecule has 0 aliphatic rings. The highest BCUT2D eigenvalue weighted by atomic mass is 79.9. The van der Waals surface area contributed by atoms with Crippen LogP contribution in [0.1, 0.15) is 5.56 Å². The van der Waals surface area contributed by atoms with Gasteiger partial charge in [0.05, 0.1) is 4.88 Å². The van der Waals surface area contributed by atoms with Crippen LogP contribution >= 0.6 is 22.7 Å². The number of aromatic nitrogens is 1. The number of halogens is 1. The first kappa shape index (κ1) is 12.5. The molecule has 2 nitrogen and oxygen atoms in total. The molecule has 0 saturated heterocycles. The molecule has 0 radical (unpaired) electrons. The topological polar surface area (TPSA) is 40.2 Å². The lowest BCUT2D eigenvalue weighted by Gasteiger charge is -1.91. The first-order chi connectivity index (χ1) is 7.75. The molecule has 0 atom stereocenters. The number of nitrogen functional groups attached to an aromatic ring is 1. The Kier molecular flexibility index (Phi) is 3.51. The van der Waals surface area contributed by atoms with Crippen molar-refractivity contribution in [2.45, 2.75) is 6.92 Å². The van der Waals surface area contributed by atoms with Gasteiger partial charge < -0.3 is 17.0 Å². The van der Waals surface area contributed by atoms with Crippen LogP contribution in [0.15, 0.2) is 29.6 Å². The van der Waals surface area contributed by atoms with Crippen molar-refractivity contribution >= 4 is 37.9 Å². The maximum absolute atomic E-state index is 5.73. The van der Waals surface area contributed by atoms with E-state index in [-0.39, 0.29) is 17.0 Å². The van der Waals surface area contributed by atoms with Crippen molar-refractivity contribution in [3.05, 3.63) is 35.2 Å². The zero-order valence-corrected chi connectivity index (χ0v) is 12.4. The highest BCUT2D eigenvalue weighted by Gasteiger charge is 2.14. The van der Waals surface area contributed by atoms with E-state index < -0.39 is 0 Å². The van der Waals surface area contributed by atoms with Gasteiger partial charge in [-0.2, -0.15) is 0 Å². The van der Waals surface area contributed by atoms with Crippen LogP contribution in [-0.2, 0) is 0 Å². The molecule has 2 aromatic heterocycles. The number of H-pyrrole nitrogens is 1. The molecule has 3 rings (SSSR count). The third kappa shape index (κ3) is 2.10. The largest absolute Gasteiger partial charge is 1.00 e. The number of thiazole rings is 1. The summed E-state index contributed by atoms with van der Waals surface area (Å²) in [7, 11) is 0. The Morgan fingerprint density at radius 3 is 2.65 bits per heavy atom. The zero-order valence-electron chi connectivity index (χ0n) is 9.16. The van der Waals surface area contributed by atoms with E-state index in [9.17, 15) is 0 Å². The molecule has 0 spiro atoms. The zero-order chi connectivity index (χ0) is 11.1. The van der Waals surface area contributed by atoms with Crippen molar-refractivity contribution in [2.24, 2.45) is 0 Å². The van der Waals surface area contributed by atoms with Crippen molar-refractivity contribution in [3.8, 4) is 10.6 Å². The van der Waals surface area contributed by atoms with Crippen LogP contribution in [0.4, 0.5) is 5.13 Å². The second-order valence-electron chi connectivity index (χ2n) is 3.69. The molecule has 0 amide bonds. The molecule has 17 heavy (non-hydrogen) atoms. The number of hydrogen-bond acceptors (Lipinski definition) is 3. The number of fused-ring (bicyclic) bond motifs is 1. The van der Waals surface area contributed by atoms with Crippen LogP contribution < -0.4 is 27.7 Å². The van der Waals surface area contributed by atoms with E-state index >= 15 is 0 Å². The summed E-state index contributed by atoms with van der Waals surface area (Å²) in [6.07, 6.45) is 0. The van der Waals surface area contributed by atoms with Crippen LogP contribution in [0.3, 0.4) is 0 Å². The summed E-state index contributed by atoms with van der Waals surface area (Å²) in [5.74, 6) is 0. The number of nitrogens with two attached hydrogens (primary N) is 1. The van der Waals surface area contributed by atoms with Crippen LogP contribution in [0, 0.1) is 6.92 Å². The van der Waals surface area contributed by atoms with Crippen molar-refractivity contribution in [1.82, 2.24) is 0 Å². The Balaban J connectivity index is 0.00000108. The van der Waals surface area contributed by atoms with E-state index in [1.165, 1.54) is 20.5 Å². The molecule has 88 valence electrons. The Morgan fingerprint density at radius 2 is 2.00 bits per heavy atom. The van der Waals surface area contributed by atoms with Crippen LogP contribution in [0.25, 0.3) is 20.7 Å². The van der Waals surface area contributed by atoms with Crippen molar-refractivity contribution in [2.75, 3.05) is 5.73 Å². The highest BCUT2D eigenvalue weighted by molar-refractivity contribution is 7.22. The van der Waals surface area contributed by atoms with Gasteiger partial charge in [-0.1, -0.05) is 29.5 Å². The van der Waals surface area contributed by atoms with E-state index in [1.807, 2.05) is 11.3 Å². The smallest absolute Gasteiger partial charge is 0.329 e. The van der Waals surface area contributed by atoms with Crippen LogP contribution in [-0.4, -0.2) is 0 Å². The number of aromatic amines is 1. The van der Waals surface area contributed by atoms with Gasteiger partial charge in [0, 0.05) is 10.1 Å². The molecule has 0 aliphatic heterocycles. The monoisotopic (exact) mass is 326 g/mol. The molecule has 0 unspecified atom stereocenters. The summed E-state index contributed by atoms with van der Waals surface area (Å²) in [6, 6.07) is 8.48. The molecule has 0 bridgehead atoms. The second kappa shape index (κ2) is 4.76. The summed E-state index contributed by atoms with van der Waals surface area (Å²) in [5, 5.41) is 4.17. The molecular weight excluding hydrogens is 316 g/mol. The van der Waals surface area contributed by atoms with Gasteiger partial charge in [-0.3, -0.25) is 5.73 Å². The van der Waals surface area contributed by atoms with Gasteiger partial charge >= 0.3 is 5.13 Å². The predicted molar refractivity (Wildman–Crippen MR) is 70.8 cm³/mol. The van der Waals surface area contributed by atoms with E-state index in [2.05, 4.69) is 41.6 Å². The number of nitrogens with one attached hydrogen (secondary N) is 1. The van der Waals surface area contributed by atoms with Gasteiger partial charge in [0.15, 0.2) is 5.69 Å². The Morgan fingerprint density at radius 1 is 1.24 bits per heavy atom. The van der Waals surface area contributed by atoms with E-state index in [0.29, 0.717) is 0 Å². The maximum Gasteiger partial charge on any atom is 0.329 e. The van der Waals surface area contributed by atoms with E-state index in [0.717, 1.165) is 10.8 Å². The summed E-state index contributed by atoms with van der Waals surface area (Å²) < 4.78 is 1.33. The lowest BCUT2D eigenvalue weighted by molar-refractivity contribution is -0.340. The van der Waals surface area contributed by atoms with E-state index in [1.54, 1.807) is 11.3 Å². The Hall–Kier alpha value is -0.910. The molecule has 0 aliphatic carbocycles. The van der Waals surface area contributed by atoms with Gasteiger partial charge in [-0.05, 0) is 23.9 Å². The Labute approximate surface area is 118 Å². The molecule has 2 heterocycles. The van der Waals surface area contributed by atoms with Gasteiger partial charge in [-0.25, -0.2) is 4.98 Å². The summed E-state index contributed by atoms with van der Waals surface area (Å²) in [5.41, 5.74) is 8.18.